The van der Waals surface area contributed by atoms with Crippen molar-refractivity contribution < 1.29 is 4.74 Å². The highest BCUT2D eigenvalue weighted by Crippen LogP contribution is 2.33. The van der Waals surface area contributed by atoms with E-state index < -0.39 is 0 Å². The number of thiazole rings is 1. The third kappa shape index (κ3) is 3.50. The van der Waals surface area contributed by atoms with Gasteiger partial charge in [-0.15, -0.1) is 45.3 Å². The van der Waals surface area contributed by atoms with Crippen molar-refractivity contribution in [3.05, 3.63) is 10.6 Å². The number of rotatable bonds is 2. The first-order valence-electron chi connectivity index (χ1n) is 6.37. The minimum atomic E-state index is 0. The molecule has 3 rings (SSSR count). The molecule has 2 aliphatic rings. The molecular weight excluding hydrogens is 394 g/mol. The van der Waals surface area contributed by atoms with Gasteiger partial charge in [0.2, 0.25) is 0 Å². The van der Waals surface area contributed by atoms with Gasteiger partial charge in [0.1, 0.15) is 0 Å². The van der Waals surface area contributed by atoms with E-state index in [2.05, 4.69) is 16.8 Å². The van der Waals surface area contributed by atoms with Gasteiger partial charge in [-0.05, 0) is 13.0 Å². The fourth-order valence-electron chi connectivity index (χ4n) is 2.96. The molecule has 2 unspecified atom stereocenters. The summed E-state index contributed by atoms with van der Waals surface area (Å²) in [6.07, 6.45) is 3.54. The minimum Gasteiger partial charge on any atom is -0.375 e. The van der Waals surface area contributed by atoms with Crippen LogP contribution in [0.4, 0.5) is 5.13 Å². The van der Waals surface area contributed by atoms with Gasteiger partial charge >= 0.3 is 0 Å². The normalized spacial score (nSPS) is 25.7. The Morgan fingerprint density at radius 2 is 2.21 bits per heavy atom. The molecule has 2 N–H and O–H groups in total. The Morgan fingerprint density at radius 1 is 1.42 bits per heavy atom. The number of nitrogens with two attached hydrogens (primary N) is 1. The quantitative estimate of drug-likeness (QED) is 0.807. The molecule has 1 aliphatic carbocycles. The Labute approximate surface area is 139 Å². The number of halogens is 2. The number of nitrogens with zero attached hydrogens (tertiary/aromatic N) is 2. The van der Waals surface area contributed by atoms with Crippen LogP contribution in [0.1, 0.15) is 23.9 Å². The monoisotopic (exact) mass is 413 g/mol. The minimum absolute atomic E-state index is 0. The van der Waals surface area contributed by atoms with Crippen LogP contribution in [0.5, 0.6) is 0 Å². The van der Waals surface area contributed by atoms with Gasteiger partial charge in [0.25, 0.3) is 0 Å². The van der Waals surface area contributed by atoms with E-state index in [9.17, 15) is 0 Å². The number of hydrogen-bond acceptors (Lipinski definition) is 5. The maximum atomic E-state index is 5.91. The van der Waals surface area contributed by atoms with Crippen LogP contribution in [-0.4, -0.2) is 41.7 Å². The highest BCUT2D eigenvalue weighted by Gasteiger charge is 2.37. The average Bonchev–Trinajstić information content (AvgIpc) is 2.66. The summed E-state index contributed by atoms with van der Waals surface area (Å²) in [6.45, 7) is 5.34. The predicted molar refractivity (Wildman–Crippen MR) is 90.0 cm³/mol. The first kappa shape index (κ1) is 17.4. The second kappa shape index (κ2) is 7.36. The molecule has 0 aromatic carbocycles. The van der Waals surface area contributed by atoms with E-state index in [1.807, 2.05) is 0 Å². The lowest BCUT2D eigenvalue weighted by Gasteiger charge is -2.43. The second-order valence-electron chi connectivity index (χ2n) is 4.84. The molecule has 0 spiro atoms. The van der Waals surface area contributed by atoms with Crippen LogP contribution in [0.2, 0.25) is 0 Å². The average molecular weight is 415 g/mol. The summed E-state index contributed by atoms with van der Waals surface area (Å²) in [5, 5.41) is 0.704. The number of ether oxygens (including phenoxy) is 1. The number of anilines is 1. The Hall–Kier alpha value is 0.310. The number of fused-ring (bicyclic) bond motifs is 2. The van der Waals surface area contributed by atoms with Crippen molar-refractivity contribution >= 4 is 50.4 Å². The van der Waals surface area contributed by atoms with E-state index in [1.54, 1.807) is 11.3 Å². The van der Waals surface area contributed by atoms with Gasteiger partial charge in [0.15, 0.2) is 5.13 Å². The van der Waals surface area contributed by atoms with Gasteiger partial charge in [-0.25, -0.2) is 4.98 Å². The summed E-state index contributed by atoms with van der Waals surface area (Å²) in [7, 11) is 0. The summed E-state index contributed by atoms with van der Waals surface area (Å²) in [5.74, 6) is 0. The maximum absolute atomic E-state index is 5.91. The fourth-order valence-corrected chi connectivity index (χ4v) is 3.87. The summed E-state index contributed by atoms with van der Waals surface area (Å²) in [6, 6.07) is 0.538. The standard InChI is InChI=1S/C12H19N3OS.2BrH/c1-2-3-15-4-5-16-10-6-8-11(7-9(10)15)17-12(13)14-8;;/h9-10H,2-7H2,1H3,(H2,13,14);2*1H. The van der Waals surface area contributed by atoms with Crippen molar-refractivity contribution in [2.75, 3.05) is 25.4 Å². The van der Waals surface area contributed by atoms with E-state index in [4.69, 9.17) is 10.5 Å². The van der Waals surface area contributed by atoms with Crippen molar-refractivity contribution in [3.63, 3.8) is 0 Å². The third-order valence-corrected chi connectivity index (χ3v) is 4.65. The predicted octanol–water partition coefficient (Wildman–Crippen LogP) is 2.46. The Bertz CT molecular complexity index is 414. The maximum Gasteiger partial charge on any atom is 0.180 e. The van der Waals surface area contributed by atoms with Crippen LogP contribution in [0, 0.1) is 0 Å². The molecule has 110 valence electrons. The zero-order valence-corrected chi connectivity index (χ0v) is 15.2. The molecule has 1 aromatic rings. The van der Waals surface area contributed by atoms with E-state index in [0.717, 1.165) is 26.0 Å². The SMILES string of the molecule is Br.Br.CCCN1CCOC2Cc3nc(N)sc3CC21. The molecule has 1 aliphatic heterocycles. The van der Waals surface area contributed by atoms with Crippen molar-refractivity contribution in [3.8, 4) is 0 Å². The van der Waals surface area contributed by atoms with E-state index >= 15 is 0 Å². The highest BCUT2D eigenvalue weighted by atomic mass is 79.9. The molecule has 1 saturated heterocycles. The van der Waals surface area contributed by atoms with Crippen LogP contribution >= 0.6 is 45.3 Å². The zero-order chi connectivity index (χ0) is 11.8. The summed E-state index contributed by atoms with van der Waals surface area (Å²) >= 11 is 1.65. The molecule has 19 heavy (non-hydrogen) atoms. The Morgan fingerprint density at radius 3 is 2.95 bits per heavy atom. The lowest BCUT2D eigenvalue weighted by atomic mass is 9.92. The Kier molecular flexibility index (Phi) is 6.72. The summed E-state index contributed by atoms with van der Waals surface area (Å²) < 4.78 is 5.91. The number of nitrogen functional groups attached to an aromatic ring is 1. The Balaban J connectivity index is 0.000000902. The molecule has 0 saturated carbocycles. The first-order valence-corrected chi connectivity index (χ1v) is 7.19. The van der Waals surface area contributed by atoms with E-state index in [-0.39, 0.29) is 34.0 Å². The number of morpholine rings is 1. The molecule has 0 amide bonds. The van der Waals surface area contributed by atoms with Gasteiger partial charge in [-0.2, -0.15) is 0 Å². The topological polar surface area (TPSA) is 51.4 Å². The first-order chi connectivity index (χ1) is 8.28. The van der Waals surface area contributed by atoms with Gasteiger partial charge < -0.3 is 10.5 Å². The molecular formula is C12H21Br2N3OS. The van der Waals surface area contributed by atoms with Crippen LogP contribution < -0.4 is 5.73 Å². The molecule has 1 aromatic heterocycles. The zero-order valence-electron chi connectivity index (χ0n) is 11.0. The molecule has 0 radical (unpaired) electrons. The van der Waals surface area contributed by atoms with E-state index in [0.29, 0.717) is 17.3 Å². The number of hydrogen-bond donors (Lipinski definition) is 1. The summed E-state index contributed by atoms with van der Waals surface area (Å²) in [5.41, 5.74) is 6.97. The molecule has 7 heteroatoms. The molecule has 1 fully saturated rings. The van der Waals surface area contributed by atoms with Crippen molar-refractivity contribution in [1.82, 2.24) is 9.88 Å². The van der Waals surface area contributed by atoms with Crippen molar-refractivity contribution in [1.29, 1.82) is 0 Å². The molecule has 4 nitrogen and oxygen atoms in total. The van der Waals surface area contributed by atoms with E-state index in [1.165, 1.54) is 23.5 Å². The second-order valence-corrected chi connectivity index (χ2v) is 5.96. The largest absolute Gasteiger partial charge is 0.375 e. The van der Waals surface area contributed by atoms with Crippen LogP contribution in [0.25, 0.3) is 0 Å². The van der Waals surface area contributed by atoms with Gasteiger partial charge in [0.05, 0.1) is 18.4 Å². The molecule has 2 heterocycles. The van der Waals surface area contributed by atoms with Gasteiger partial charge in [-0.1, -0.05) is 6.92 Å². The fraction of sp³-hybridized carbons (Fsp3) is 0.750. The lowest BCUT2D eigenvalue weighted by Crippen LogP contribution is -2.54. The van der Waals surface area contributed by atoms with Gasteiger partial charge in [-0.3, -0.25) is 4.90 Å². The molecule has 2 atom stereocenters. The molecule has 0 bridgehead atoms. The van der Waals surface area contributed by atoms with Crippen LogP contribution in [0.15, 0.2) is 0 Å². The smallest absolute Gasteiger partial charge is 0.180 e. The number of aromatic nitrogens is 1. The summed E-state index contributed by atoms with van der Waals surface area (Å²) in [4.78, 5) is 8.36. The third-order valence-electron chi connectivity index (χ3n) is 3.70. The van der Waals surface area contributed by atoms with Crippen molar-refractivity contribution in [2.24, 2.45) is 0 Å². The van der Waals surface area contributed by atoms with Gasteiger partial charge in [0, 0.05) is 30.3 Å². The van der Waals surface area contributed by atoms with Crippen LogP contribution in [0.3, 0.4) is 0 Å². The highest BCUT2D eigenvalue weighted by molar-refractivity contribution is 8.93. The van der Waals surface area contributed by atoms with Crippen LogP contribution in [-0.2, 0) is 17.6 Å². The lowest BCUT2D eigenvalue weighted by molar-refractivity contribution is -0.0739. The van der Waals surface area contributed by atoms with Crippen molar-refractivity contribution in [2.45, 2.75) is 38.3 Å².